The largest absolute Gasteiger partial charge is 0.377 e. The first kappa shape index (κ1) is 19.7. The Morgan fingerprint density at radius 1 is 0.893 bits per heavy atom. The molecule has 0 aliphatic heterocycles. The lowest BCUT2D eigenvalue weighted by Crippen LogP contribution is -2.36. The molecule has 2 aromatic carbocycles. The molecule has 6 nitrogen and oxygen atoms in total. The lowest BCUT2D eigenvalue weighted by atomic mass is 9.95. The maximum atomic E-state index is 12.9. The van der Waals surface area contributed by atoms with E-state index in [1.54, 1.807) is 12.1 Å². The summed E-state index contributed by atoms with van der Waals surface area (Å²) >= 11 is 0. The van der Waals surface area contributed by atoms with Gasteiger partial charge in [0, 0.05) is 37.2 Å². The summed E-state index contributed by atoms with van der Waals surface area (Å²) in [5.74, 6) is -0.0947. The van der Waals surface area contributed by atoms with Gasteiger partial charge in [-0.3, -0.25) is 4.79 Å². The minimum atomic E-state index is -0.345. The van der Waals surface area contributed by atoms with Crippen molar-refractivity contribution < 1.29 is 9.59 Å². The molecule has 0 atom stereocenters. The number of para-hydroxylation sites is 1. The van der Waals surface area contributed by atoms with Crippen molar-refractivity contribution in [2.24, 2.45) is 0 Å². The molecule has 1 aliphatic carbocycles. The molecule has 3 N–H and O–H groups in total. The maximum Gasteiger partial charge on any atom is 0.323 e. The van der Waals surface area contributed by atoms with Gasteiger partial charge < -0.3 is 20.9 Å². The molecule has 0 bridgehead atoms. The first-order chi connectivity index (χ1) is 13.5. The normalized spacial score (nSPS) is 14.2. The Morgan fingerprint density at radius 3 is 2.25 bits per heavy atom. The molecule has 148 valence electrons. The van der Waals surface area contributed by atoms with Crippen molar-refractivity contribution in [1.29, 1.82) is 0 Å². The van der Waals surface area contributed by atoms with Crippen LogP contribution in [0.25, 0.3) is 0 Å². The van der Waals surface area contributed by atoms with E-state index in [9.17, 15) is 9.59 Å². The number of hydrogen-bond acceptors (Lipinski definition) is 3. The van der Waals surface area contributed by atoms with Gasteiger partial charge in [-0.2, -0.15) is 0 Å². The van der Waals surface area contributed by atoms with Crippen LogP contribution in [0.3, 0.4) is 0 Å². The summed E-state index contributed by atoms with van der Waals surface area (Å²) in [6.07, 6.45) is 5.62. The monoisotopic (exact) mass is 380 g/mol. The van der Waals surface area contributed by atoms with E-state index in [-0.39, 0.29) is 18.0 Å². The Balaban J connectivity index is 1.73. The Hall–Kier alpha value is -3.02. The van der Waals surface area contributed by atoms with Crippen LogP contribution in [0.4, 0.5) is 21.9 Å². The molecule has 0 radical (unpaired) electrons. The third kappa shape index (κ3) is 5.25. The number of carbonyl (C=O) groups is 2. The molecule has 0 aromatic heterocycles. The zero-order chi connectivity index (χ0) is 19.9. The van der Waals surface area contributed by atoms with Crippen LogP contribution < -0.4 is 20.9 Å². The van der Waals surface area contributed by atoms with Crippen LogP contribution in [0.15, 0.2) is 48.5 Å². The van der Waals surface area contributed by atoms with Crippen LogP contribution in [0.1, 0.15) is 42.5 Å². The van der Waals surface area contributed by atoms with Gasteiger partial charge in [0.05, 0.1) is 5.56 Å². The van der Waals surface area contributed by atoms with E-state index < -0.39 is 0 Å². The molecular formula is C22H28N4O2. The van der Waals surface area contributed by atoms with Crippen LogP contribution in [0.2, 0.25) is 0 Å². The van der Waals surface area contributed by atoms with E-state index in [2.05, 4.69) is 16.0 Å². The highest BCUT2D eigenvalue weighted by molar-refractivity contribution is 6.04. The molecule has 28 heavy (non-hydrogen) atoms. The highest BCUT2D eigenvalue weighted by Gasteiger charge is 2.20. The third-order valence-electron chi connectivity index (χ3n) is 4.95. The molecule has 3 rings (SSSR count). The van der Waals surface area contributed by atoms with Crippen LogP contribution in [0, 0.1) is 0 Å². The van der Waals surface area contributed by atoms with Gasteiger partial charge in [-0.05, 0) is 43.2 Å². The minimum Gasteiger partial charge on any atom is -0.377 e. The highest BCUT2D eigenvalue weighted by atomic mass is 16.2. The third-order valence-corrected chi connectivity index (χ3v) is 4.95. The Morgan fingerprint density at radius 2 is 1.57 bits per heavy atom. The second-order valence-corrected chi connectivity index (χ2v) is 7.38. The molecule has 0 heterocycles. The average molecular weight is 380 g/mol. The number of carbonyl (C=O) groups excluding carboxylic acids is 2. The second kappa shape index (κ2) is 9.26. The average Bonchev–Trinajstić information content (AvgIpc) is 2.69. The fraction of sp³-hybridized carbons (Fsp3) is 0.364. The van der Waals surface area contributed by atoms with Gasteiger partial charge in [-0.1, -0.05) is 37.5 Å². The quantitative estimate of drug-likeness (QED) is 0.717. The van der Waals surface area contributed by atoms with Gasteiger partial charge >= 0.3 is 6.03 Å². The van der Waals surface area contributed by atoms with Crippen LogP contribution in [-0.4, -0.2) is 32.1 Å². The fourth-order valence-corrected chi connectivity index (χ4v) is 3.51. The van der Waals surface area contributed by atoms with E-state index in [4.69, 9.17) is 0 Å². The van der Waals surface area contributed by atoms with Gasteiger partial charge in [0.1, 0.15) is 0 Å². The summed E-state index contributed by atoms with van der Waals surface area (Å²) in [5.41, 5.74) is 2.67. The topological polar surface area (TPSA) is 73.5 Å². The summed E-state index contributed by atoms with van der Waals surface area (Å²) in [6, 6.07) is 14.5. The number of urea groups is 1. The van der Waals surface area contributed by atoms with Crippen molar-refractivity contribution in [2.75, 3.05) is 29.6 Å². The number of nitrogens with one attached hydrogen (secondary N) is 3. The number of rotatable bonds is 5. The highest BCUT2D eigenvalue weighted by Crippen LogP contribution is 2.25. The number of amides is 3. The van der Waals surface area contributed by atoms with Crippen molar-refractivity contribution in [3.63, 3.8) is 0 Å². The van der Waals surface area contributed by atoms with Crippen molar-refractivity contribution in [2.45, 2.75) is 38.1 Å². The van der Waals surface area contributed by atoms with Crippen molar-refractivity contribution >= 4 is 29.0 Å². The molecule has 2 aromatic rings. The molecule has 1 fully saturated rings. The summed E-state index contributed by atoms with van der Waals surface area (Å²) in [6.45, 7) is 0. The van der Waals surface area contributed by atoms with E-state index in [1.165, 1.54) is 6.42 Å². The maximum absolute atomic E-state index is 12.9. The first-order valence-electron chi connectivity index (χ1n) is 9.78. The molecule has 1 saturated carbocycles. The standard InChI is InChI=1S/C22H28N4O2/c1-26(2)20-14-13-18(25-22(28)24-17-11-7-4-8-12-17)15-19(20)21(27)23-16-9-5-3-6-10-16/h4,7-8,11-16H,3,5-6,9-10H2,1-2H3,(H,23,27)(H2,24,25,28). The molecular weight excluding hydrogens is 352 g/mol. The predicted molar refractivity (Wildman–Crippen MR) is 114 cm³/mol. The van der Waals surface area contributed by atoms with Crippen molar-refractivity contribution in [3.8, 4) is 0 Å². The summed E-state index contributed by atoms with van der Waals surface area (Å²) in [4.78, 5) is 27.1. The lowest BCUT2D eigenvalue weighted by Gasteiger charge is -2.24. The Bertz CT molecular complexity index is 815. The van der Waals surface area contributed by atoms with Gasteiger partial charge in [0.2, 0.25) is 0 Å². The first-order valence-corrected chi connectivity index (χ1v) is 9.78. The molecule has 3 amide bonds. The molecule has 6 heteroatoms. The molecule has 0 unspecified atom stereocenters. The number of nitrogens with zero attached hydrogens (tertiary/aromatic N) is 1. The minimum absolute atomic E-state index is 0.0947. The number of anilines is 3. The van der Waals surface area contributed by atoms with E-state index >= 15 is 0 Å². The van der Waals surface area contributed by atoms with Crippen LogP contribution in [0.5, 0.6) is 0 Å². The fourth-order valence-electron chi connectivity index (χ4n) is 3.51. The summed E-state index contributed by atoms with van der Waals surface area (Å²) in [7, 11) is 3.81. The summed E-state index contributed by atoms with van der Waals surface area (Å²) < 4.78 is 0. The second-order valence-electron chi connectivity index (χ2n) is 7.38. The number of benzene rings is 2. The van der Waals surface area contributed by atoms with Gasteiger partial charge in [-0.25, -0.2) is 4.79 Å². The van der Waals surface area contributed by atoms with Gasteiger partial charge in [-0.15, -0.1) is 0 Å². The molecule has 0 saturated heterocycles. The summed E-state index contributed by atoms with van der Waals surface area (Å²) in [5, 5.41) is 8.74. The zero-order valence-corrected chi connectivity index (χ0v) is 16.5. The SMILES string of the molecule is CN(C)c1ccc(NC(=O)Nc2ccccc2)cc1C(=O)NC1CCCCC1. The smallest absolute Gasteiger partial charge is 0.323 e. The predicted octanol–water partition coefficient (Wildman–Crippen LogP) is 4.46. The van der Waals surface area contributed by atoms with Crippen LogP contribution in [-0.2, 0) is 0 Å². The Labute approximate surface area is 166 Å². The number of hydrogen-bond donors (Lipinski definition) is 3. The Kier molecular flexibility index (Phi) is 6.53. The van der Waals surface area contributed by atoms with Crippen LogP contribution >= 0.6 is 0 Å². The van der Waals surface area contributed by atoms with Crippen molar-refractivity contribution in [3.05, 3.63) is 54.1 Å². The zero-order valence-electron chi connectivity index (χ0n) is 16.5. The van der Waals surface area contributed by atoms with Gasteiger partial charge in [0.15, 0.2) is 0 Å². The van der Waals surface area contributed by atoms with E-state index in [0.717, 1.165) is 31.4 Å². The lowest BCUT2D eigenvalue weighted by molar-refractivity contribution is 0.0928. The molecule has 0 spiro atoms. The molecule has 1 aliphatic rings. The van der Waals surface area contributed by atoms with Crippen molar-refractivity contribution in [1.82, 2.24) is 5.32 Å². The van der Waals surface area contributed by atoms with E-state index in [1.807, 2.05) is 55.4 Å². The van der Waals surface area contributed by atoms with Gasteiger partial charge in [0.25, 0.3) is 5.91 Å². The van der Waals surface area contributed by atoms with E-state index in [0.29, 0.717) is 16.9 Å².